The second kappa shape index (κ2) is 13.1. The highest BCUT2D eigenvalue weighted by Gasteiger charge is 2.51. The van der Waals surface area contributed by atoms with Crippen LogP contribution in [0, 0.1) is 5.41 Å². The molecule has 1 atom stereocenters. The topological polar surface area (TPSA) is 59.1 Å². The molecule has 0 aromatic heterocycles. The number of rotatable bonds is 7. The zero-order valence-electron chi connectivity index (χ0n) is 24.2. The summed E-state index contributed by atoms with van der Waals surface area (Å²) in [6.45, 7) is 1.42. The van der Waals surface area contributed by atoms with Gasteiger partial charge in [-0.3, -0.25) is 9.69 Å². The molecule has 0 radical (unpaired) electrons. The van der Waals surface area contributed by atoms with Gasteiger partial charge in [-0.05, 0) is 55.6 Å². The van der Waals surface area contributed by atoms with Gasteiger partial charge in [0.2, 0.25) is 0 Å². The van der Waals surface area contributed by atoms with Crippen molar-refractivity contribution in [3.63, 3.8) is 0 Å². The number of esters is 1. The van der Waals surface area contributed by atoms with Crippen LogP contribution in [0.2, 0.25) is 0 Å². The molecule has 3 aromatic carbocycles. The van der Waals surface area contributed by atoms with Crippen molar-refractivity contribution in [3.05, 3.63) is 101 Å². The Kier molecular flexibility index (Phi) is 9.43. The van der Waals surface area contributed by atoms with Crippen LogP contribution < -0.4 is 4.74 Å². The minimum Gasteiger partial charge on any atom is -0.489 e. The highest BCUT2D eigenvalue weighted by molar-refractivity contribution is 5.94. The molecule has 0 aliphatic carbocycles. The highest BCUT2D eigenvalue weighted by Crippen LogP contribution is 2.44. The monoisotopic (exact) mass is 634 g/mol. The summed E-state index contributed by atoms with van der Waals surface area (Å²) >= 11 is 0. The molecule has 1 unspecified atom stereocenters. The van der Waals surface area contributed by atoms with E-state index in [9.17, 15) is 35.9 Å². The predicted octanol–water partition coefficient (Wildman–Crippen LogP) is 6.89. The van der Waals surface area contributed by atoms with E-state index >= 15 is 0 Å². The minimum absolute atomic E-state index is 0.0381. The first-order valence-corrected chi connectivity index (χ1v) is 14.6. The second-order valence-corrected chi connectivity index (χ2v) is 11.5. The molecule has 45 heavy (non-hydrogen) atoms. The van der Waals surface area contributed by atoms with Crippen molar-refractivity contribution in [2.24, 2.45) is 5.41 Å². The third-order valence-corrected chi connectivity index (χ3v) is 8.60. The zero-order valence-corrected chi connectivity index (χ0v) is 24.2. The number of carbonyl (C=O) groups is 2. The Morgan fingerprint density at radius 2 is 1.49 bits per heavy atom. The van der Waals surface area contributed by atoms with Gasteiger partial charge in [-0.1, -0.05) is 54.6 Å². The van der Waals surface area contributed by atoms with Gasteiger partial charge >= 0.3 is 18.3 Å². The van der Waals surface area contributed by atoms with E-state index in [1.54, 1.807) is 0 Å². The van der Waals surface area contributed by atoms with E-state index in [1.165, 1.54) is 11.0 Å². The average Bonchev–Trinajstić information content (AvgIpc) is 3.02. The van der Waals surface area contributed by atoms with E-state index in [4.69, 9.17) is 9.47 Å². The van der Waals surface area contributed by atoms with Crippen LogP contribution in [0.3, 0.4) is 0 Å². The van der Waals surface area contributed by atoms with Crippen LogP contribution in [0.4, 0.5) is 26.3 Å². The Morgan fingerprint density at radius 3 is 2.18 bits per heavy atom. The van der Waals surface area contributed by atoms with Crippen molar-refractivity contribution in [2.75, 3.05) is 26.2 Å². The largest absolute Gasteiger partial charge is 0.490 e. The van der Waals surface area contributed by atoms with Crippen molar-refractivity contribution in [3.8, 4) is 5.75 Å². The number of para-hydroxylation sites is 1. The molecule has 240 valence electrons. The van der Waals surface area contributed by atoms with Crippen molar-refractivity contribution < 1.29 is 45.4 Å². The van der Waals surface area contributed by atoms with Crippen LogP contribution >= 0.6 is 0 Å². The van der Waals surface area contributed by atoms with Gasteiger partial charge in [-0.2, -0.15) is 26.3 Å². The van der Waals surface area contributed by atoms with Gasteiger partial charge in [0.15, 0.2) is 0 Å². The average molecular weight is 635 g/mol. The molecule has 2 aliphatic rings. The van der Waals surface area contributed by atoms with E-state index < -0.39 is 41.3 Å². The third kappa shape index (κ3) is 7.78. The fourth-order valence-electron chi connectivity index (χ4n) is 6.05. The molecule has 3 aromatic rings. The summed E-state index contributed by atoms with van der Waals surface area (Å²) < 4.78 is 90.7. The summed E-state index contributed by atoms with van der Waals surface area (Å²) in [7, 11) is 0. The summed E-state index contributed by atoms with van der Waals surface area (Å²) in [6, 6.07) is 21.1. The molecule has 1 spiro atoms. The van der Waals surface area contributed by atoms with Crippen LogP contribution in [-0.4, -0.2) is 60.1 Å². The molecular weight excluding hydrogens is 602 g/mol. The number of piperidine rings is 2. The van der Waals surface area contributed by atoms with E-state index in [-0.39, 0.29) is 38.0 Å². The summed E-state index contributed by atoms with van der Waals surface area (Å²) in [4.78, 5) is 28.4. The fourth-order valence-corrected chi connectivity index (χ4v) is 6.05. The third-order valence-electron chi connectivity index (χ3n) is 8.60. The molecule has 0 N–H and O–H groups in total. The standard InChI is InChI=1S/C33H32F6N2O4/c34-32(35,36)26-11-6-10-24(19-26)29(42)41-17-14-31(15-18-41)13-16-40(21-28(31)45-30(43)33(37,38)39)20-25-9-4-5-12-27(25)44-22-23-7-2-1-3-8-23/h1-12,19,28H,13-18,20-22H2. The van der Waals surface area contributed by atoms with Gasteiger partial charge < -0.3 is 14.4 Å². The van der Waals surface area contributed by atoms with Crippen LogP contribution in [0.25, 0.3) is 0 Å². The number of carbonyl (C=O) groups excluding carboxylic acids is 2. The molecular formula is C33H32F6N2O4. The SMILES string of the molecule is O=C(c1cccc(C(F)(F)F)c1)N1CCC2(CCN(Cc3ccccc3OCc3ccccc3)CC2OC(=O)C(F)(F)F)CC1. The van der Waals surface area contributed by atoms with Crippen molar-refractivity contribution >= 4 is 11.9 Å². The fraction of sp³-hybridized carbons (Fsp3) is 0.394. The molecule has 5 rings (SSSR count). The van der Waals surface area contributed by atoms with Crippen molar-refractivity contribution in [2.45, 2.75) is 50.9 Å². The second-order valence-electron chi connectivity index (χ2n) is 11.5. The molecule has 12 heteroatoms. The smallest absolute Gasteiger partial charge is 0.489 e. The molecule has 2 aliphatic heterocycles. The summed E-state index contributed by atoms with van der Waals surface area (Å²) in [5, 5.41) is 0. The van der Waals surface area contributed by atoms with Gasteiger partial charge in [0, 0.05) is 42.7 Å². The Bertz CT molecular complexity index is 1490. The van der Waals surface area contributed by atoms with Gasteiger partial charge in [0.05, 0.1) is 5.56 Å². The number of halogens is 6. The lowest BCUT2D eigenvalue weighted by Crippen LogP contribution is -2.57. The van der Waals surface area contributed by atoms with E-state index in [0.717, 1.165) is 29.3 Å². The number of hydrogen-bond donors (Lipinski definition) is 0. The van der Waals surface area contributed by atoms with Crippen LogP contribution in [0.5, 0.6) is 5.75 Å². The Labute approximate surface area is 256 Å². The maximum atomic E-state index is 13.3. The number of benzene rings is 3. The maximum Gasteiger partial charge on any atom is 0.490 e. The quantitative estimate of drug-likeness (QED) is 0.210. The molecule has 2 heterocycles. The molecule has 0 saturated carbocycles. The zero-order chi connectivity index (χ0) is 32.2. The number of likely N-dealkylation sites (tertiary alicyclic amines) is 2. The number of alkyl halides is 6. The molecule has 2 fully saturated rings. The normalized spacial score (nSPS) is 18.9. The number of nitrogens with zero attached hydrogens (tertiary/aromatic N) is 2. The Balaban J connectivity index is 1.28. The summed E-state index contributed by atoms with van der Waals surface area (Å²) in [6.07, 6.45) is -10.0. The number of hydrogen-bond acceptors (Lipinski definition) is 5. The maximum absolute atomic E-state index is 13.3. The molecule has 1 amide bonds. The van der Waals surface area contributed by atoms with Gasteiger partial charge in [0.1, 0.15) is 18.5 Å². The lowest BCUT2D eigenvalue weighted by molar-refractivity contribution is -0.216. The van der Waals surface area contributed by atoms with Gasteiger partial charge in [0.25, 0.3) is 5.91 Å². The van der Waals surface area contributed by atoms with E-state index in [0.29, 0.717) is 31.9 Å². The number of amides is 1. The minimum atomic E-state index is -5.18. The molecule has 2 saturated heterocycles. The van der Waals surface area contributed by atoms with Crippen LogP contribution in [0.1, 0.15) is 46.3 Å². The van der Waals surface area contributed by atoms with Crippen molar-refractivity contribution in [1.29, 1.82) is 0 Å². The van der Waals surface area contributed by atoms with Crippen LogP contribution in [-0.2, 0) is 28.9 Å². The highest BCUT2D eigenvalue weighted by atomic mass is 19.4. The first-order valence-electron chi connectivity index (χ1n) is 14.6. The summed E-state index contributed by atoms with van der Waals surface area (Å²) in [5.74, 6) is -2.24. The Hall–Kier alpha value is -4.06. The van der Waals surface area contributed by atoms with Gasteiger partial charge in [-0.25, -0.2) is 4.79 Å². The number of ether oxygens (including phenoxy) is 2. The Morgan fingerprint density at radius 1 is 0.822 bits per heavy atom. The lowest BCUT2D eigenvalue weighted by Gasteiger charge is -2.51. The van der Waals surface area contributed by atoms with Crippen molar-refractivity contribution in [1.82, 2.24) is 9.80 Å². The van der Waals surface area contributed by atoms with Crippen LogP contribution in [0.15, 0.2) is 78.9 Å². The van der Waals surface area contributed by atoms with Gasteiger partial charge in [-0.15, -0.1) is 0 Å². The molecule has 0 bridgehead atoms. The first kappa shape index (κ1) is 32.3. The summed E-state index contributed by atoms with van der Waals surface area (Å²) in [5.41, 5.74) is -0.0918. The molecule has 6 nitrogen and oxygen atoms in total. The van der Waals surface area contributed by atoms with E-state index in [1.807, 2.05) is 59.5 Å². The predicted molar refractivity (Wildman–Crippen MR) is 152 cm³/mol. The lowest BCUT2D eigenvalue weighted by atomic mass is 9.69. The van der Waals surface area contributed by atoms with E-state index in [2.05, 4.69) is 0 Å². The first-order chi connectivity index (χ1) is 21.3.